The molecule has 5 nitrogen and oxygen atoms in total. The highest BCUT2D eigenvalue weighted by Crippen LogP contribution is 2.09. The van der Waals surface area contributed by atoms with E-state index in [1.54, 1.807) is 6.92 Å². The van der Waals surface area contributed by atoms with Gasteiger partial charge in [-0.1, -0.05) is 5.16 Å². The molecule has 1 unspecified atom stereocenters. The Morgan fingerprint density at radius 2 is 2.42 bits per heavy atom. The largest absolute Gasteiger partial charge is 0.475 e. The minimum Gasteiger partial charge on any atom is -0.475 e. The van der Waals surface area contributed by atoms with Crippen LogP contribution in [0.2, 0.25) is 0 Å². The van der Waals surface area contributed by atoms with Gasteiger partial charge in [0.1, 0.15) is 5.69 Å². The van der Waals surface area contributed by atoms with Crippen LogP contribution in [0.1, 0.15) is 29.2 Å². The molecule has 68 valence electrons. The summed E-state index contributed by atoms with van der Waals surface area (Å²) in [6.07, 6.45) is 0. The molecule has 0 fully saturated rings. The SMILES string of the molecule is CC(N)c1cc(C(=O)O)on1.Cl. The van der Waals surface area contributed by atoms with Crippen LogP contribution < -0.4 is 5.73 Å². The number of halogens is 1. The molecule has 0 radical (unpaired) electrons. The van der Waals surface area contributed by atoms with Crippen molar-refractivity contribution in [2.24, 2.45) is 5.73 Å². The molecule has 1 heterocycles. The number of rotatable bonds is 2. The van der Waals surface area contributed by atoms with E-state index >= 15 is 0 Å². The normalized spacial score (nSPS) is 11.8. The van der Waals surface area contributed by atoms with Crippen molar-refractivity contribution in [1.29, 1.82) is 0 Å². The van der Waals surface area contributed by atoms with Crippen LogP contribution >= 0.6 is 12.4 Å². The second kappa shape index (κ2) is 4.08. The van der Waals surface area contributed by atoms with Crippen LogP contribution in [0.15, 0.2) is 10.6 Å². The first-order valence-corrected chi connectivity index (χ1v) is 3.06. The van der Waals surface area contributed by atoms with Gasteiger partial charge in [-0.15, -0.1) is 12.4 Å². The van der Waals surface area contributed by atoms with Gasteiger partial charge in [0.15, 0.2) is 0 Å². The topological polar surface area (TPSA) is 89.4 Å². The van der Waals surface area contributed by atoms with E-state index in [-0.39, 0.29) is 24.2 Å². The van der Waals surface area contributed by atoms with Crippen molar-refractivity contribution >= 4 is 18.4 Å². The second-order valence-corrected chi connectivity index (χ2v) is 2.21. The fourth-order valence-electron chi connectivity index (χ4n) is 0.604. The molecule has 0 aliphatic heterocycles. The van der Waals surface area contributed by atoms with Gasteiger partial charge >= 0.3 is 5.97 Å². The fourth-order valence-corrected chi connectivity index (χ4v) is 0.604. The molecule has 3 N–H and O–H groups in total. The molecule has 0 bridgehead atoms. The van der Waals surface area contributed by atoms with Crippen molar-refractivity contribution in [3.05, 3.63) is 17.5 Å². The molecule has 1 aromatic heterocycles. The summed E-state index contributed by atoms with van der Waals surface area (Å²) in [7, 11) is 0. The van der Waals surface area contributed by atoms with Crippen molar-refractivity contribution in [2.45, 2.75) is 13.0 Å². The van der Waals surface area contributed by atoms with E-state index in [0.717, 1.165) is 0 Å². The first-order chi connectivity index (χ1) is 5.11. The lowest BCUT2D eigenvalue weighted by Crippen LogP contribution is -2.04. The predicted molar refractivity (Wildman–Crippen MR) is 43.3 cm³/mol. The standard InChI is InChI=1S/C6H8N2O3.ClH/c1-3(7)4-2-5(6(9)10)11-8-4;/h2-3H,7H2,1H3,(H,9,10);1H. The predicted octanol–water partition coefficient (Wildman–Crippen LogP) is 0.814. The van der Waals surface area contributed by atoms with Gasteiger partial charge < -0.3 is 15.4 Å². The Hall–Kier alpha value is -1.07. The highest BCUT2D eigenvalue weighted by molar-refractivity contribution is 5.85. The third-order valence-corrected chi connectivity index (χ3v) is 1.21. The Morgan fingerprint density at radius 1 is 1.83 bits per heavy atom. The maximum Gasteiger partial charge on any atom is 0.374 e. The van der Waals surface area contributed by atoms with Gasteiger partial charge in [-0.25, -0.2) is 4.79 Å². The van der Waals surface area contributed by atoms with E-state index in [1.807, 2.05) is 0 Å². The van der Waals surface area contributed by atoms with Gasteiger partial charge in [0.05, 0.1) is 0 Å². The highest BCUT2D eigenvalue weighted by atomic mass is 35.5. The zero-order valence-corrected chi connectivity index (χ0v) is 7.17. The number of hydrogen-bond acceptors (Lipinski definition) is 4. The Bertz CT molecular complexity index is 272. The maximum atomic E-state index is 10.3. The van der Waals surface area contributed by atoms with Crippen molar-refractivity contribution in [2.75, 3.05) is 0 Å². The van der Waals surface area contributed by atoms with Gasteiger partial charge in [0.25, 0.3) is 0 Å². The number of hydrogen-bond donors (Lipinski definition) is 2. The van der Waals surface area contributed by atoms with Gasteiger partial charge in [-0.2, -0.15) is 0 Å². The van der Waals surface area contributed by atoms with Crippen molar-refractivity contribution in [3.63, 3.8) is 0 Å². The number of nitrogens with two attached hydrogens (primary N) is 1. The van der Waals surface area contributed by atoms with Crippen LogP contribution in [0.25, 0.3) is 0 Å². The average Bonchev–Trinajstić information content (AvgIpc) is 2.33. The van der Waals surface area contributed by atoms with Crippen LogP contribution in [0, 0.1) is 0 Å². The number of carbonyl (C=O) groups is 1. The van der Waals surface area contributed by atoms with Crippen LogP contribution in [-0.4, -0.2) is 16.2 Å². The molecule has 0 aromatic carbocycles. The first kappa shape index (κ1) is 10.9. The molecule has 1 aromatic rings. The molecule has 0 spiro atoms. The van der Waals surface area contributed by atoms with Crippen LogP contribution in [-0.2, 0) is 0 Å². The number of carboxylic acid groups (broad SMARTS) is 1. The van der Waals surface area contributed by atoms with E-state index in [0.29, 0.717) is 5.69 Å². The lowest BCUT2D eigenvalue weighted by molar-refractivity contribution is 0.0652. The van der Waals surface area contributed by atoms with E-state index < -0.39 is 5.97 Å². The van der Waals surface area contributed by atoms with Crippen LogP contribution in [0.4, 0.5) is 0 Å². The van der Waals surface area contributed by atoms with Crippen LogP contribution in [0.3, 0.4) is 0 Å². The number of aromatic nitrogens is 1. The third-order valence-electron chi connectivity index (χ3n) is 1.21. The summed E-state index contributed by atoms with van der Waals surface area (Å²) in [4.78, 5) is 10.3. The molecule has 0 aliphatic carbocycles. The molecule has 6 heteroatoms. The molecular weight excluding hydrogens is 184 g/mol. The van der Waals surface area contributed by atoms with E-state index in [4.69, 9.17) is 10.8 Å². The van der Waals surface area contributed by atoms with Crippen LogP contribution in [0.5, 0.6) is 0 Å². The lowest BCUT2D eigenvalue weighted by atomic mass is 10.2. The molecule has 0 amide bonds. The summed E-state index contributed by atoms with van der Waals surface area (Å²) < 4.78 is 4.46. The summed E-state index contributed by atoms with van der Waals surface area (Å²) in [6, 6.07) is 1.01. The van der Waals surface area contributed by atoms with Gasteiger partial charge in [-0.3, -0.25) is 0 Å². The summed E-state index contributed by atoms with van der Waals surface area (Å²) >= 11 is 0. The zero-order chi connectivity index (χ0) is 8.43. The summed E-state index contributed by atoms with van der Waals surface area (Å²) in [5.74, 6) is -1.32. The second-order valence-electron chi connectivity index (χ2n) is 2.21. The lowest BCUT2D eigenvalue weighted by Gasteiger charge is -1.93. The highest BCUT2D eigenvalue weighted by Gasteiger charge is 2.12. The number of nitrogens with zero attached hydrogens (tertiary/aromatic N) is 1. The molecule has 0 saturated heterocycles. The monoisotopic (exact) mass is 192 g/mol. The minimum atomic E-state index is -1.13. The Labute approximate surface area is 74.9 Å². The van der Waals surface area contributed by atoms with Gasteiger partial charge in [0, 0.05) is 12.1 Å². The van der Waals surface area contributed by atoms with E-state index in [2.05, 4.69) is 9.68 Å². The first-order valence-electron chi connectivity index (χ1n) is 3.06. The smallest absolute Gasteiger partial charge is 0.374 e. The summed E-state index contributed by atoms with van der Waals surface area (Å²) in [6.45, 7) is 1.70. The number of carboxylic acids is 1. The van der Waals surface area contributed by atoms with Gasteiger partial charge in [-0.05, 0) is 6.92 Å². The quantitative estimate of drug-likeness (QED) is 0.724. The average molecular weight is 193 g/mol. The number of aromatic carboxylic acids is 1. The summed E-state index contributed by atoms with van der Waals surface area (Å²) in [5, 5.41) is 11.9. The molecule has 1 atom stereocenters. The van der Waals surface area contributed by atoms with Crippen molar-refractivity contribution in [1.82, 2.24) is 5.16 Å². The maximum absolute atomic E-state index is 10.3. The van der Waals surface area contributed by atoms with E-state index in [1.165, 1.54) is 6.07 Å². The Balaban J connectivity index is 0.00000121. The molecule has 0 saturated carbocycles. The Kier molecular flexibility index (Phi) is 3.72. The third kappa shape index (κ3) is 2.21. The molecule has 12 heavy (non-hydrogen) atoms. The van der Waals surface area contributed by atoms with E-state index in [9.17, 15) is 4.79 Å². The van der Waals surface area contributed by atoms with Crippen molar-refractivity contribution in [3.8, 4) is 0 Å². The van der Waals surface area contributed by atoms with Gasteiger partial charge in [0.2, 0.25) is 5.76 Å². The van der Waals surface area contributed by atoms with Crippen molar-refractivity contribution < 1.29 is 14.4 Å². The summed E-state index contributed by atoms with van der Waals surface area (Å²) in [5.41, 5.74) is 5.86. The fraction of sp³-hybridized carbons (Fsp3) is 0.333. The molecular formula is C6H9ClN2O3. The Morgan fingerprint density at radius 3 is 2.67 bits per heavy atom. The zero-order valence-electron chi connectivity index (χ0n) is 6.35. The molecule has 0 aliphatic rings. The molecule has 1 rings (SSSR count). The minimum absolute atomic E-state index is 0.